The number of rotatable bonds is 20. The third kappa shape index (κ3) is 16.7. The maximum atomic E-state index is 13.0. The van der Waals surface area contributed by atoms with Gasteiger partial charge in [0.25, 0.3) is 0 Å². The molecule has 0 fully saturated rings. The zero-order chi connectivity index (χ0) is 34.6. The third-order valence-corrected chi connectivity index (χ3v) is 6.41. The van der Waals surface area contributed by atoms with Gasteiger partial charge in [0, 0.05) is 24.9 Å². The number of hydrogen-bond donors (Lipinski definition) is 5. The van der Waals surface area contributed by atoms with Crippen molar-refractivity contribution < 1.29 is 43.0 Å². The number of carbonyl (C=O) groups excluding carboxylic acids is 7. The van der Waals surface area contributed by atoms with Crippen LogP contribution in [0.1, 0.15) is 44.7 Å². The Bertz CT molecular complexity index is 1360. The lowest BCUT2D eigenvalue weighted by atomic mass is 10.1. The van der Waals surface area contributed by atoms with Crippen LogP contribution in [0.3, 0.4) is 0 Å². The minimum absolute atomic E-state index is 0.00339. The van der Waals surface area contributed by atoms with Gasteiger partial charge >= 0.3 is 5.97 Å². The molecule has 5 amide bonds. The SMILES string of the molecule is CC(=O)CCOCCC(=O)NCC(=O)NCC(=O)N[C@@H](Cc1ccccc1)C(=O)NCC(=O)Nc1ccc(COC(=O)C(C)C)cc1. The van der Waals surface area contributed by atoms with E-state index in [1.54, 1.807) is 62.4 Å². The van der Waals surface area contributed by atoms with E-state index < -0.39 is 42.1 Å². The minimum atomic E-state index is -1.05. The first-order valence-electron chi connectivity index (χ1n) is 15.2. The van der Waals surface area contributed by atoms with Crippen molar-refractivity contribution in [3.8, 4) is 0 Å². The van der Waals surface area contributed by atoms with Crippen LogP contribution < -0.4 is 26.6 Å². The first-order chi connectivity index (χ1) is 22.4. The summed E-state index contributed by atoms with van der Waals surface area (Å²) < 4.78 is 10.4. The van der Waals surface area contributed by atoms with Crippen molar-refractivity contribution in [2.45, 2.75) is 52.7 Å². The molecule has 0 saturated heterocycles. The van der Waals surface area contributed by atoms with Crippen LogP contribution in [0.25, 0.3) is 0 Å². The van der Waals surface area contributed by atoms with E-state index >= 15 is 0 Å². The summed E-state index contributed by atoms with van der Waals surface area (Å²) in [6.45, 7) is 4.16. The van der Waals surface area contributed by atoms with Crippen LogP contribution in [-0.4, -0.2) is 80.2 Å². The summed E-state index contributed by atoms with van der Waals surface area (Å²) in [6, 6.07) is 14.6. The number of hydrogen-bond acceptors (Lipinski definition) is 9. The Hall–Kier alpha value is -5.11. The Morgan fingerprint density at radius 1 is 0.681 bits per heavy atom. The van der Waals surface area contributed by atoms with Crippen LogP contribution in [0.5, 0.6) is 0 Å². The topological polar surface area (TPSA) is 198 Å². The summed E-state index contributed by atoms with van der Waals surface area (Å²) in [5, 5.41) is 12.6. The number of carbonyl (C=O) groups is 7. The second-order valence-electron chi connectivity index (χ2n) is 10.9. The molecule has 47 heavy (non-hydrogen) atoms. The van der Waals surface area contributed by atoms with Crippen molar-refractivity contribution in [2.24, 2.45) is 5.92 Å². The molecule has 14 nitrogen and oxygen atoms in total. The molecule has 0 aliphatic rings. The van der Waals surface area contributed by atoms with E-state index in [2.05, 4.69) is 26.6 Å². The summed E-state index contributed by atoms with van der Waals surface area (Å²) in [5.74, 6) is -3.37. The molecule has 0 unspecified atom stereocenters. The van der Waals surface area contributed by atoms with Gasteiger partial charge in [0.1, 0.15) is 18.4 Å². The molecule has 2 aromatic carbocycles. The lowest BCUT2D eigenvalue weighted by Gasteiger charge is -2.19. The van der Waals surface area contributed by atoms with Crippen molar-refractivity contribution >= 4 is 47.0 Å². The maximum Gasteiger partial charge on any atom is 0.308 e. The van der Waals surface area contributed by atoms with E-state index in [0.29, 0.717) is 5.69 Å². The number of esters is 1. The fourth-order valence-electron chi connectivity index (χ4n) is 3.80. The van der Waals surface area contributed by atoms with Crippen LogP contribution in [0.15, 0.2) is 54.6 Å². The maximum absolute atomic E-state index is 13.0. The molecule has 0 bridgehead atoms. The highest BCUT2D eigenvalue weighted by atomic mass is 16.5. The molecular weight excluding hydrogens is 610 g/mol. The van der Waals surface area contributed by atoms with E-state index in [1.165, 1.54) is 6.92 Å². The molecule has 0 spiro atoms. The lowest BCUT2D eigenvalue weighted by molar-refractivity contribution is -0.148. The van der Waals surface area contributed by atoms with Crippen LogP contribution in [0.4, 0.5) is 5.69 Å². The molecule has 0 aliphatic heterocycles. The molecule has 2 aromatic rings. The van der Waals surface area contributed by atoms with Crippen molar-refractivity contribution in [1.29, 1.82) is 0 Å². The van der Waals surface area contributed by atoms with Crippen molar-refractivity contribution in [3.63, 3.8) is 0 Å². The second-order valence-corrected chi connectivity index (χ2v) is 10.9. The van der Waals surface area contributed by atoms with Gasteiger partial charge in [-0.05, 0) is 30.2 Å². The Morgan fingerprint density at radius 3 is 1.96 bits per heavy atom. The first-order valence-corrected chi connectivity index (χ1v) is 15.2. The normalized spacial score (nSPS) is 11.1. The van der Waals surface area contributed by atoms with Gasteiger partial charge in [-0.2, -0.15) is 0 Å². The molecule has 2 rings (SSSR count). The van der Waals surface area contributed by atoms with Crippen molar-refractivity contribution in [3.05, 3.63) is 65.7 Å². The fourth-order valence-corrected chi connectivity index (χ4v) is 3.80. The minimum Gasteiger partial charge on any atom is -0.461 e. The molecule has 14 heteroatoms. The lowest BCUT2D eigenvalue weighted by Crippen LogP contribution is -2.52. The van der Waals surface area contributed by atoms with Gasteiger partial charge in [0.05, 0.1) is 38.8 Å². The quantitative estimate of drug-likeness (QED) is 0.101. The Balaban J connectivity index is 1.81. The average molecular weight is 654 g/mol. The third-order valence-electron chi connectivity index (χ3n) is 6.41. The Kier molecular flexibility index (Phi) is 16.9. The van der Waals surface area contributed by atoms with E-state index in [4.69, 9.17) is 9.47 Å². The van der Waals surface area contributed by atoms with Gasteiger partial charge in [-0.25, -0.2) is 0 Å². The van der Waals surface area contributed by atoms with Crippen LogP contribution in [0.2, 0.25) is 0 Å². The summed E-state index contributed by atoms with van der Waals surface area (Å²) in [4.78, 5) is 84.7. The van der Waals surface area contributed by atoms with Gasteiger partial charge in [-0.3, -0.25) is 33.6 Å². The van der Waals surface area contributed by atoms with Crippen LogP contribution in [-0.2, 0) is 56.1 Å². The Labute approximate surface area is 273 Å². The number of ketones is 1. The molecular formula is C33H43N5O9. The molecule has 0 saturated carbocycles. The van der Waals surface area contributed by atoms with Gasteiger partial charge < -0.3 is 36.1 Å². The summed E-state index contributed by atoms with van der Waals surface area (Å²) in [6.07, 6.45) is 0.386. The highest BCUT2D eigenvalue weighted by molar-refractivity contribution is 5.96. The fraction of sp³-hybridized carbons (Fsp3) is 0.424. The van der Waals surface area contributed by atoms with Gasteiger partial charge in [-0.1, -0.05) is 56.3 Å². The first kappa shape index (κ1) is 38.1. The zero-order valence-electron chi connectivity index (χ0n) is 26.9. The number of amides is 5. The number of ether oxygens (including phenoxy) is 2. The van der Waals surface area contributed by atoms with E-state index in [0.717, 1.165) is 11.1 Å². The highest BCUT2D eigenvalue weighted by Crippen LogP contribution is 2.11. The molecule has 5 N–H and O–H groups in total. The molecule has 254 valence electrons. The van der Waals surface area contributed by atoms with Gasteiger partial charge in [0.15, 0.2) is 0 Å². The molecule has 1 atom stereocenters. The van der Waals surface area contributed by atoms with Gasteiger partial charge in [0.2, 0.25) is 29.5 Å². The van der Waals surface area contributed by atoms with E-state index in [1.807, 2.05) is 6.07 Å². The number of Topliss-reactive ketones (excluding diaryl/α,β-unsaturated/α-hetero) is 1. The number of benzene rings is 2. The monoisotopic (exact) mass is 653 g/mol. The Morgan fingerprint density at radius 2 is 1.30 bits per heavy atom. The summed E-state index contributed by atoms with van der Waals surface area (Å²) >= 11 is 0. The number of nitrogens with one attached hydrogen (secondary N) is 5. The molecule has 0 aromatic heterocycles. The van der Waals surface area contributed by atoms with E-state index in [-0.39, 0.29) is 69.8 Å². The van der Waals surface area contributed by atoms with Gasteiger partial charge in [-0.15, -0.1) is 0 Å². The number of anilines is 1. The standard InChI is InChI=1S/C33H43N5O9/c1-22(2)33(45)47-21-25-9-11-26(12-10-25)37-30(42)20-36-32(44)27(17-24-7-5-4-6-8-24)38-31(43)19-35-29(41)18-34-28(40)14-16-46-15-13-23(3)39/h4-12,22,27H,13-21H2,1-3H3,(H,34,40)(H,35,41)(H,36,44)(H,37,42)(H,38,43)/t27-/m0/s1. The molecule has 0 aliphatic carbocycles. The highest BCUT2D eigenvalue weighted by Gasteiger charge is 2.22. The predicted octanol–water partition coefficient (Wildman–Crippen LogP) is 0.786. The molecule has 0 radical (unpaired) electrons. The smallest absolute Gasteiger partial charge is 0.308 e. The van der Waals surface area contributed by atoms with Crippen molar-refractivity contribution in [1.82, 2.24) is 21.3 Å². The van der Waals surface area contributed by atoms with E-state index in [9.17, 15) is 33.6 Å². The summed E-state index contributed by atoms with van der Waals surface area (Å²) in [7, 11) is 0. The largest absolute Gasteiger partial charge is 0.461 e. The van der Waals surface area contributed by atoms with Crippen molar-refractivity contribution in [2.75, 3.05) is 38.2 Å². The second kappa shape index (κ2) is 20.8. The average Bonchev–Trinajstić information content (AvgIpc) is 3.04. The van der Waals surface area contributed by atoms with Crippen LogP contribution >= 0.6 is 0 Å². The predicted molar refractivity (Wildman–Crippen MR) is 172 cm³/mol. The molecule has 0 heterocycles. The van der Waals surface area contributed by atoms with Crippen LogP contribution in [0, 0.1) is 5.92 Å². The summed E-state index contributed by atoms with van der Waals surface area (Å²) in [5.41, 5.74) is 1.98. The zero-order valence-corrected chi connectivity index (χ0v) is 26.9.